The van der Waals surface area contributed by atoms with Crippen molar-refractivity contribution in [3.8, 4) is 5.75 Å². The van der Waals surface area contributed by atoms with E-state index in [0.29, 0.717) is 6.33 Å². The Morgan fingerprint density at radius 1 is 0.917 bits per heavy atom. The summed E-state index contributed by atoms with van der Waals surface area (Å²) in [4.78, 5) is 0. The van der Waals surface area contributed by atoms with Crippen LogP contribution in [0.15, 0.2) is 36.7 Å². The highest BCUT2D eigenvalue weighted by atomic mass is 19.1. The van der Waals surface area contributed by atoms with Crippen molar-refractivity contribution in [3.63, 3.8) is 0 Å². The van der Waals surface area contributed by atoms with E-state index in [9.17, 15) is 4.39 Å². The largest absolute Gasteiger partial charge is 0.497 e. The topological polar surface area (TPSA) is 9.23 Å². The van der Waals surface area contributed by atoms with Crippen LogP contribution in [0.5, 0.6) is 5.75 Å². The second-order valence-corrected chi connectivity index (χ2v) is 7.76. The predicted octanol–water partition coefficient (Wildman–Crippen LogP) is 6.65. The first-order valence-electron chi connectivity index (χ1n) is 9.69. The molecular formula is C22H31FO. The zero-order chi connectivity index (χ0) is 16.8. The molecule has 1 aromatic carbocycles. The van der Waals surface area contributed by atoms with E-state index in [1.807, 2.05) is 0 Å². The molecule has 0 bridgehead atoms. The van der Waals surface area contributed by atoms with Crippen LogP contribution in [0, 0.1) is 17.8 Å². The minimum Gasteiger partial charge on any atom is -0.497 e. The predicted molar refractivity (Wildman–Crippen MR) is 98.0 cm³/mol. The summed E-state index contributed by atoms with van der Waals surface area (Å²) in [5.41, 5.74) is 1.48. The van der Waals surface area contributed by atoms with Crippen molar-refractivity contribution in [2.45, 2.75) is 63.7 Å². The van der Waals surface area contributed by atoms with Gasteiger partial charge in [0.05, 0.1) is 13.4 Å². The molecule has 1 aromatic rings. The van der Waals surface area contributed by atoms with Crippen molar-refractivity contribution in [1.82, 2.24) is 0 Å². The number of benzene rings is 1. The Morgan fingerprint density at radius 3 is 2.04 bits per heavy atom. The van der Waals surface area contributed by atoms with E-state index >= 15 is 0 Å². The van der Waals surface area contributed by atoms with Gasteiger partial charge in [0.1, 0.15) is 5.75 Å². The second kappa shape index (κ2) is 8.69. The zero-order valence-electron chi connectivity index (χ0n) is 14.9. The van der Waals surface area contributed by atoms with Crippen LogP contribution in [-0.4, -0.2) is 7.11 Å². The lowest BCUT2D eigenvalue weighted by molar-refractivity contribution is 0.160. The summed E-state index contributed by atoms with van der Waals surface area (Å²) in [6.07, 6.45) is 14.1. The Labute approximate surface area is 146 Å². The first-order chi connectivity index (χ1) is 11.8. The zero-order valence-corrected chi connectivity index (χ0v) is 14.9. The van der Waals surface area contributed by atoms with Gasteiger partial charge in [-0.15, -0.1) is 0 Å². The molecule has 0 spiro atoms. The summed E-state index contributed by atoms with van der Waals surface area (Å²) in [5.74, 6) is 4.26. The standard InChI is InChI=1S/C22H31FO/c1-24-22-14-12-21(13-15-22)20-10-8-19(9-11-20)18-6-4-17(5-7-18)3-2-16-23/h2,12-20H,3-11H2,1H3/b16-2+/t17-,18-,19-,20-. The van der Waals surface area contributed by atoms with Gasteiger partial charge in [-0.05, 0) is 99.2 Å². The number of halogens is 1. The number of rotatable bonds is 5. The molecule has 0 aliphatic heterocycles. The summed E-state index contributed by atoms with van der Waals surface area (Å²) >= 11 is 0. The highest BCUT2D eigenvalue weighted by Gasteiger charge is 2.30. The third kappa shape index (κ3) is 4.40. The molecule has 2 fully saturated rings. The Balaban J connectivity index is 1.45. The molecule has 0 heterocycles. The molecule has 2 saturated carbocycles. The summed E-state index contributed by atoms with van der Waals surface area (Å²) in [6, 6.07) is 8.67. The van der Waals surface area contributed by atoms with Gasteiger partial charge >= 0.3 is 0 Å². The molecule has 24 heavy (non-hydrogen) atoms. The molecule has 132 valence electrons. The normalized spacial score (nSPS) is 31.2. The first kappa shape index (κ1) is 17.5. The number of ether oxygens (including phenoxy) is 1. The maximum atomic E-state index is 12.1. The first-order valence-corrected chi connectivity index (χ1v) is 9.69. The quantitative estimate of drug-likeness (QED) is 0.587. The molecule has 0 atom stereocenters. The Morgan fingerprint density at radius 2 is 1.50 bits per heavy atom. The van der Waals surface area contributed by atoms with Crippen LogP contribution >= 0.6 is 0 Å². The summed E-state index contributed by atoms with van der Waals surface area (Å²) in [5, 5.41) is 0. The fourth-order valence-corrected chi connectivity index (χ4v) is 4.94. The lowest BCUT2D eigenvalue weighted by atomic mass is 9.68. The maximum Gasteiger partial charge on any atom is 0.118 e. The number of methoxy groups -OCH3 is 1. The Bertz CT molecular complexity index is 505. The van der Waals surface area contributed by atoms with E-state index in [1.54, 1.807) is 13.2 Å². The molecular weight excluding hydrogens is 299 g/mol. The molecule has 0 aromatic heterocycles. The summed E-state index contributed by atoms with van der Waals surface area (Å²) in [6.45, 7) is 0. The molecule has 3 rings (SSSR count). The van der Waals surface area contributed by atoms with E-state index in [0.717, 1.165) is 35.8 Å². The fraction of sp³-hybridized carbons (Fsp3) is 0.636. The molecule has 2 aliphatic rings. The maximum absolute atomic E-state index is 12.1. The van der Waals surface area contributed by atoms with Crippen LogP contribution in [0.1, 0.15) is 69.3 Å². The van der Waals surface area contributed by atoms with Gasteiger partial charge in [-0.2, -0.15) is 0 Å². The van der Waals surface area contributed by atoms with Crippen LogP contribution in [0.3, 0.4) is 0 Å². The monoisotopic (exact) mass is 330 g/mol. The van der Waals surface area contributed by atoms with E-state index < -0.39 is 0 Å². The third-order valence-electron chi connectivity index (χ3n) is 6.48. The van der Waals surface area contributed by atoms with Crippen LogP contribution in [0.25, 0.3) is 0 Å². The van der Waals surface area contributed by atoms with Crippen molar-refractivity contribution in [2.75, 3.05) is 7.11 Å². The van der Waals surface area contributed by atoms with Crippen LogP contribution in [0.2, 0.25) is 0 Å². The molecule has 0 saturated heterocycles. The average molecular weight is 330 g/mol. The van der Waals surface area contributed by atoms with Gasteiger partial charge in [-0.3, -0.25) is 0 Å². The molecule has 1 nitrogen and oxygen atoms in total. The van der Waals surface area contributed by atoms with Crippen LogP contribution in [-0.2, 0) is 0 Å². The molecule has 0 N–H and O–H groups in total. The van der Waals surface area contributed by atoms with Crippen LogP contribution < -0.4 is 4.74 Å². The highest BCUT2D eigenvalue weighted by molar-refractivity contribution is 5.29. The molecule has 0 amide bonds. The molecule has 2 aliphatic carbocycles. The van der Waals surface area contributed by atoms with Crippen molar-refractivity contribution in [1.29, 1.82) is 0 Å². The number of hydrogen-bond donors (Lipinski definition) is 0. The lowest BCUT2D eigenvalue weighted by Gasteiger charge is -2.38. The molecule has 0 radical (unpaired) electrons. The third-order valence-corrected chi connectivity index (χ3v) is 6.48. The van der Waals surface area contributed by atoms with Crippen LogP contribution in [0.4, 0.5) is 4.39 Å². The number of hydrogen-bond acceptors (Lipinski definition) is 1. The molecule has 2 heteroatoms. The van der Waals surface area contributed by atoms with E-state index in [2.05, 4.69) is 24.3 Å². The Hall–Kier alpha value is -1.31. The average Bonchev–Trinajstić information content (AvgIpc) is 2.67. The lowest BCUT2D eigenvalue weighted by Crippen LogP contribution is -2.25. The minimum absolute atomic E-state index is 0.715. The van der Waals surface area contributed by atoms with Gasteiger partial charge < -0.3 is 4.74 Å². The van der Waals surface area contributed by atoms with Gasteiger partial charge in [0, 0.05) is 0 Å². The minimum atomic E-state index is 0.715. The Kier molecular flexibility index (Phi) is 6.34. The van der Waals surface area contributed by atoms with Crippen molar-refractivity contribution >= 4 is 0 Å². The van der Waals surface area contributed by atoms with Crippen molar-refractivity contribution in [3.05, 3.63) is 42.2 Å². The van der Waals surface area contributed by atoms with Gasteiger partial charge in [0.25, 0.3) is 0 Å². The van der Waals surface area contributed by atoms with Gasteiger partial charge in [0.2, 0.25) is 0 Å². The van der Waals surface area contributed by atoms with Gasteiger partial charge in [-0.1, -0.05) is 18.2 Å². The van der Waals surface area contributed by atoms with Gasteiger partial charge in [-0.25, -0.2) is 4.39 Å². The number of allylic oxidation sites excluding steroid dienone is 1. The SMILES string of the molecule is COc1ccc([C@H]2CC[C@H]([C@H]3CC[C@H](C/C=C/F)CC3)CC2)cc1. The fourth-order valence-electron chi connectivity index (χ4n) is 4.94. The second-order valence-electron chi connectivity index (χ2n) is 7.76. The van der Waals surface area contributed by atoms with E-state index in [-0.39, 0.29) is 0 Å². The van der Waals surface area contributed by atoms with E-state index in [1.165, 1.54) is 56.9 Å². The smallest absolute Gasteiger partial charge is 0.118 e. The highest BCUT2D eigenvalue weighted by Crippen LogP contribution is 2.44. The van der Waals surface area contributed by atoms with E-state index in [4.69, 9.17) is 4.74 Å². The van der Waals surface area contributed by atoms with Crippen molar-refractivity contribution in [2.24, 2.45) is 17.8 Å². The van der Waals surface area contributed by atoms with Gasteiger partial charge in [0.15, 0.2) is 0 Å². The summed E-state index contributed by atoms with van der Waals surface area (Å²) in [7, 11) is 1.73. The molecule has 0 unspecified atom stereocenters. The summed E-state index contributed by atoms with van der Waals surface area (Å²) < 4.78 is 17.4. The van der Waals surface area contributed by atoms with Crippen molar-refractivity contribution < 1.29 is 9.13 Å².